The van der Waals surface area contributed by atoms with E-state index in [1.807, 2.05) is 54.6 Å². The van der Waals surface area contributed by atoms with Gasteiger partial charge in [-0.15, -0.1) is 0 Å². The second kappa shape index (κ2) is 15.2. The zero-order valence-electron chi connectivity index (χ0n) is 26.5. The molecule has 10 nitrogen and oxygen atoms in total. The Bertz CT molecular complexity index is 1610. The molecule has 0 spiro atoms. The van der Waals surface area contributed by atoms with Gasteiger partial charge in [-0.05, 0) is 47.4 Å². The van der Waals surface area contributed by atoms with Crippen LogP contribution in [-0.2, 0) is 9.53 Å². The second-order valence-electron chi connectivity index (χ2n) is 11.8. The van der Waals surface area contributed by atoms with Crippen molar-refractivity contribution in [1.82, 2.24) is 20.9 Å². The number of nitrogens with zero attached hydrogens (tertiary/aromatic N) is 2. The summed E-state index contributed by atoms with van der Waals surface area (Å²) in [7, 11) is 1.60. The van der Waals surface area contributed by atoms with E-state index in [-0.39, 0.29) is 24.3 Å². The number of nitrogens with one attached hydrogen (secondary N) is 3. The maximum Gasteiger partial charge on any atom is 0.407 e. The van der Waals surface area contributed by atoms with Crippen molar-refractivity contribution in [3.05, 3.63) is 102 Å². The number of guanidine groups is 1. The average Bonchev–Trinajstić information content (AvgIpc) is 3.69. The number of aliphatic imine (C=N–C) groups is 1. The molecule has 2 amide bonds. The van der Waals surface area contributed by atoms with E-state index in [9.17, 15) is 9.59 Å². The van der Waals surface area contributed by atoms with Gasteiger partial charge in [-0.3, -0.25) is 9.79 Å². The number of hydrogen-bond acceptors (Lipinski definition) is 6. The fraction of sp³-hybridized carbons (Fsp3) is 0.333. The lowest BCUT2D eigenvalue weighted by Crippen LogP contribution is -2.48. The molecule has 0 aliphatic heterocycles. The van der Waals surface area contributed by atoms with E-state index in [0.29, 0.717) is 43.4 Å². The summed E-state index contributed by atoms with van der Waals surface area (Å²) in [5.74, 6) is 1.13. The molecule has 4 aromatic rings. The normalized spacial score (nSPS) is 13.9. The topological polar surface area (TPSA) is 144 Å². The minimum absolute atomic E-state index is 0.0924. The van der Waals surface area contributed by atoms with E-state index >= 15 is 0 Å². The fourth-order valence-electron chi connectivity index (χ4n) is 5.80. The third-order valence-electron chi connectivity index (χ3n) is 8.07. The molecule has 0 saturated carbocycles. The van der Waals surface area contributed by atoms with Crippen LogP contribution in [0.3, 0.4) is 0 Å². The van der Waals surface area contributed by atoms with Crippen molar-refractivity contribution in [3.8, 4) is 22.5 Å². The maximum atomic E-state index is 13.8. The summed E-state index contributed by atoms with van der Waals surface area (Å²) in [6.07, 6.45) is 2.50. The Morgan fingerprint density at radius 1 is 0.957 bits per heavy atom. The smallest absolute Gasteiger partial charge is 0.407 e. The van der Waals surface area contributed by atoms with Gasteiger partial charge < -0.3 is 30.8 Å². The first kappa shape index (κ1) is 32.3. The van der Waals surface area contributed by atoms with Gasteiger partial charge in [0.15, 0.2) is 11.7 Å². The van der Waals surface area contributed by atoms with Gasteiger partial charge in [-0.25, -0.2) is 9.78 Å². The lowest BCUT2D eigenvalue weighted by molar-refractivity contribution is -0.124. The molecule has 0 saturated heterocycles. The lowest BCUT2D eigenvalue weighted by Gasteiger charge is -2.23. The number of carbonyl (C=O) groups excluding carboxylic acids is 2. The summed E-state index contributed by atoms with van der Waals surface area (Å²) in [6.45, 7) is 4.76. The number of ether oxygens (including phenoxy) is 1. The molecular weight excluding hydrogens is 580 g/mol. The Morgan fingerprint density at radius 3 is 2.26 bits per heavy atom. The summed E-state index contributed by atoms with van der Waals surface area (Å²) in [5, 5.41) is 8.90. The van der Waals surface area contributed by atoms with Crippen molar-refractivity contribution < 1.29 is 18.7 Å². The molecule has 46 heavy (non-hydrogen) atoms. The van der Waals surface area contributed by atoms with Crippen LogP contribution in [0.4, 0.5) is 4.79 Å². The first-order valence-corrected chi connectivity index (χ1v) is 15.7. The first-order valence-electron chi connectivity index (χ1n) is 15.7. The number of oxazole rings is 1. The van der Waals surface area contributed by atoms with Crippen molar-refractivity contribution in [2.24, 2.45) is 16.6 Å². The van der Waals surface area contributed by atoms with Gasteiger partial charge in [0.25, 0.3) is 0 Å². The second-order valence-corrected chi connectivity index (χ2v) is 11.8. The Hall–Kier alpha value is -5.12. The summed E-state index contributed by atoms with van der Waals surface area (Å²) in [4.78, 5) is 35.4. The van der Waals surface area contributed by atoms with E-state index in [1.165, 1.54) is 0 Å². The third kappa shape index (κ3) is 7.93. The Balaban J connectivity index is 1.28. The molecule has 5 rings (SSSR count). The number of benzene rings is 3. The molecule has 240 valence electrons. The molecule has 10 heteroatoms. The van der Waals surface area contributed by atoms with Crippen molar-refractivity contribution in [2.45, 2.75) is 51.1 Å². The molecule has 2 atom stereocenters. The van der Waals surface area contributed by atoms with Crippen LogP contribution in [-0.4, -0.2) is 49.2 Å². The Morgan fingerprint density at radius 2 is 1.61 bits per heavy atom. The molecule has 0 fully saturated rings. The SMILES string of the molecule is CN=C(N)NCCC[C@@H](NC(=O)OCC1c2ccccc2-c2ccccc21)C(=O)N[C@@H](CC(C)C)c1ncc(-c2ccccc2)o1. The summed E-state index contributed by atoms with van der Waals surface area (Å²) >= 11 is 0. The molecule has 0 unspecified atom stereocenters. The number of alkyl carbamates (subject to hydrolysis) is 1. The Labute approximate surface area is 269 Å². The van der Waals surface area contributed by atoms with Gasteiger partial charge in [-0.1, -0.05) is 92.7 Å². The van der Waals surface area contributed by atoms with Crippen LogP contribution in [0.2, 0.25) is 0 Å². The molecule has 1 heterocycles. The van der Waals surface area contributed by atoms with Crippen molar-refractivity contribution >= 4 is 18.0 Å². The summed E-state index contributed by atoms with van der Waals surface area (Å²) in [6, 6.07) is 24.6. The van der Waals surface area contributed by atoms with E-state index in [4.69, 9.17) is 14.9 Å². The van der Waals surface area contributed by atoms with Crippen molar-refractivity contribution in [1.29, 1.82) is 0 Å². The largest absolute Gasteiger partial charge is 0.449 e. The van der Waals surface area contributed by atoms with Crippen LogP contribution >= 0.6 is 0 Å². The molecular formula is C36H42N6O4. The molecule has 3 aromatic carbocycles. The number of carbonyl (C=O) groups is 2. The van der Waals surface area contributed by atoms with Crippen LogP contribution in [0.5, 0.6) is 0 Å². The monoisotopic (exact) mass is 622 g/mol. The molecule has 5 N–H and O–H groups in total. The lowest BCUT2D eigenvalue weighted by atomic mass is 9.98. The predicted octanol–water partition coefficient (Wildman–Crippen LogP) is 5.77. The molecule has 1 aromatic heterocycles. The zero-order valence-corrected chi connectivity index (χ0v) is 26.5. The maximum absolute atomic E-state index is 13.8. The first-order chi connectivity index (χ1) is 22.3. The highest BCUT2D eigenvalue weighted by Crippen LogP contribution is 2.44. The van der Waals surface area contributed by atoms with Gasteiger partial charge in [0.1, 0.15) is 18.7 Å². The van der Waals surface area contributed by atoms with Gasteiger partial charge in [0, 0.05) is 25.1 Å². The average molecular weight is 623 g/mol. The van der Waals surface area contributed by atoms with Gasteiger partial charge in [0.2, 0.25) is 11.8 Å². The quantitative estimate of drug-likeness (QED) is 0.0842. The van der Waals surface area contributed by atoms with Gasteiger partial charge in [-0.2, -0.15) is 0 Å². The van der Waals surface area contributed by atoms with E-state index < -0.39 is 18.2 Å². The van der Waals surface area contributed by atoms with Crippen LogP contribution in [0.1, 0.15) is 62.1 Å². The van der Waals surface area contributed by atoms with Gasteiger partial charge in [0.05, 0.1) is 6.20 Å². The third-order valence-corrected chi connectivity index (χ3v) is 8.07. The Kier molecular flexibility index (Phi) is 10.7. The minimum atomic E-state index is -0.865. The van der Waals surface area contributed by atoms with E-state index in [1.54, 1.807) is 13.2 Å². The number of fused-ring (bicyclic) bond motifs is 3. The predicted molar refractivity (Wildman–Crippen MR) is 179 cm³/mol. The zero-order chi connectivity index (χ0) is 32.5. The highest BCUT2D eigenvalue weighted by Gasteiger charge is 2.31. The van der Waals surface area contributed by atoms with Crippen LogP contribution < -0.4 is 21.7 Å². The van der Waals surface area contributed by atoms with Crippen LogP contribution in [0.15, 0.2) is 94.5 Å². The standard InChI is InChI=1S/C36H42N6O4/c1-23(2)20-31(34-40-21-32(46-34)24-12-5-4-6-13-24)41-33(43)30(18-11-19-39-35(37)38-3)42-36(44)45-22-29-27-16-9-7-14-25(27)26-15-8-10-17-28(26)29/h4-10,12-17,21,23,29-31H,11,18-20,22H2,1-3H3,(H,41,43)(H,42,44)(H3,37,38,39)/t30-,31+/m1/s1. The number of amides is 2. The highest BCUT2D eigenvalue weighted by atomic mass is 16.5. The minimum Gasteiger partial charge on any atom is -0.449 e. The van der Waals surface area contributed by atoms with Gasteiger partial charge >= 0.3 is 6.09 Å². The molecule has 0 radical (unpaired) electrons. The van der Waals surface area contributed by atoms with Crippen molar-refractivity contribution in [3.63, 3.8) is 0 Å². The molecule has 1 aliphatic carbocycles. The fourth-order valence-corrected chi connectivity index (χ4v) is 5.80. The number of hydrogen-bond donors (Lipinski definition) is 4. The number of rotatable bonds is 13. The van der Waals surface area contributed by atoms with Crippen LogP contribution in [0.25, 0.3) is 22.5 Å². The summed E-state index contributed by atoms with van der Waals surface area (Å²) < 4.78 is 11.9. The number of nitrogens with two attached hydrogens (primary N) is 1. The van der Waals surface area contributed by atoms with E-state index in [0.717, 1.165) is 27.8 Å². The van der Waals surface area contributed by atoms with E-state index in [2.05, 4.69) is 64.0 Å². The summed E-state index contributed by atoms with van der Waals surface area (Å²) in [5.41, 5.74) is 11.2. The number of aromatic nitrogens is 1. The molecule has 1 aliphatic rings. The molecule has 0 bridgehead atoms. The highest BCUT2D eigenvalue weighted by molar-refractivity contribution is 5.86. The van der Waals surface area contributed by atoms with Crippen LogP contribution in [0, 0.1) is 5.92 Å². The van der Waals surface area contributed by atoms with Crippen molar-refractivity contribution in [2.75, 3.05) is 20.2 Å².